The summed E-state index contributed by atoms with van der Waals surface area (Å²) in [4.78, 5) is 12.6. The van der Waals surface area contributed by atoms with E-state index in [1.807, 2.05) is 48.5 Å². The van der Waals surface area contributed by atoms with Crippen LogP contribution in [0.4, 0.5) is 5.69 Å². The molecule has 4 rings (SSSR count). The molecule has 2 aliphatic carbocycles. The second kappa shape index (κ2) is 6.17. The molecule has 0 bridgehead atoms. The molecule has 0 heterocycles. The molecular weight excluding hydrogens is 284 g/mol. The molecule has 2 aromatic carbocycles. The van der Waals surface area contributed by atoms with Gasteiger partial charge in [0.2, 0.25) is 0 Å². The Morgan fingerprint density at radius 1 is 1.00 bits per heavy atom. The lowest BCUT2D eigenvalue weighted by atomic mass is 10.0. The van der Waals surface area contributed by atoms with Gasteiger partial charge in [-0.2, -0.15) is 0 Å². The number of nitrogens with one attached hydrogen (secondary N) is 2. The van der Waals surface area contributed by atoms with Crippen molar-refractivity contribution < 1.29 is 4.79 Å². The predicted octanol–water partition coefficient (Wildman–Crippen LogP) is 3.79. The van der Waals surface area contributed by atoms with E-state index in [9.17, 15) is 4.79 Å². The van der Waals surface area contributed by atoms with Crippen LogP contribution in [-0.4, -0.2) is 18.5 Å². The van der Waals surface area contributed by atoms with Crippen molar-refractivity contribution in [3.8, 4) is 0 Å². The summed E-state index contributed by atoms with van der Waals surface area (Å²) in [5.41, 5.74) is 2.82. The van der Waals surface area contributed by atoms with Crippen LogP contribution in [0.3, 0.4) is 0 Å². The summed E-state index contributed by atoms with van der Waals surface area (Å²) in [5, 5.41) is 6.65. The Balaban J connectivity index is 1.45. The Labute approximate surface area is 137 Å². The minimum absolute atomic E-state index is 0.0142. The van der Waals surface area contributed by atoms with Crippen molar-refractivity contribution in [2.75, 3.05) is 11.9 Å². The molecular formula is C20H22N2O. The van der Waals surface area contributed by atoms with E-state index in [1.54, 1.807) is 0 Å². The van der Waals surface area contributed by atoms with Crippen molar-refractivity contribution >= 4 is 11.6 Å². The van der Waals surface area contributed by atoms with Gasteiger partial charge in [0, 0.05) is 23.2 Å². The van der Waals surface area contributed by atoms with E-state index in [-0.39, 0.29) is 5.91 Å². The van der Waals surface area contributed by atoms with Gasteiger partial charge in [0.1, 0.15) is 0 Å². The van der Waals surface area contributed by atoms with Gasteiger partial charge in [-0.15, -0.1) is 0 Å². The smallest absolute Gasteiger partial charge is 0.255 e. The van der Waals surface area contributed by atoms with Crippen molar-refractivity contribution in [1.82, 2.24) is 5.32 Å². The summed E-state index contributed by atoms with van der Waals surface area (Å²) in [6, 6.07) is 18.2. The molecule has 2 N–H and O–H groups in total. The van der Waals surface area contributed by atoms with Crippen LogP contribution in [0, 0.1) is 5.92 Å². The highest BCUT2D eigenvalue weighted by Gasteiger charge is 2.40. The number of hydrogen-bond acceptors (Lipinski definition) is 2. The molecule has 2 fully saturated rings. The second-order valence-electron chi connectivity index (χ2n) is 6.71. The van der Waals surface area contributed by atoms with Crippen LogP contribution in [-0.2, 0) is 0 Å². The van der Waals surface area contributed by atoms with Crippen molar-refractivity contribution in [2.45, 2.75) is 31.2 Å². The van der Waals surface area contributed by atoms with E-state index in [2.05, 4.69) is 16.7 Å². The molecule has 0 saturated heterocycles. The molecule has 2 aliphatic rings. The van der Waals surface area contributed by atoms with Crippen molar-refractivity contribution in [2.24, 2.45) is 5.92 Å². The molecule has 23 heavy (non-hydrogen) atoms. The lowest BCUT2D eigenvalue weighted by molar-refractivity contribution is 0.102. The maximum Gasteiger partial charge on any atom is 0.255 e. The number of hydrogen-bond donors (Lipinski definition) is 2. The van der Waals surface area contributed by atoms with E-state index in [1.165, 1.54) is 18.4 Å². The summed E-state index contributed by atoms with van der Waals surface area (Å²) < 4.78 is 0. The maximum absolute atomic E-state index is 12.6. The first kappa shape index (κ1) is 14.5. The summed E-state index contributed by atoms with van der Waals surface area (Å²) in [6.45, 7) is 1.14. The molecule has 2 aromatic rings. The van der Waals surface area contributed by atoms with Crippen molar-refractivity contribution in [3.63, 3.8) is 0 Å². The highest BCUT2D eigenvalue weighted by Crippen LogP contribution is 2.43. The molecule has 2 atom stereocenters. The second-order valence-corrected chi connectivity index (χ2v) is 6.71. The zero-order valence-corrected chi connectivity index (χ0v) is 13.2. The van der Waals surface area contributed by atoms with Gasteiger partial charge in [-0.1, -0.05) is 36.4 Å². The van der Waals surface area contributed by atoms with E-state index in [0.29, 0.717) is 12.0 Å². The summed E-state index contributed by atoms with van der Waals surface area (Å²) in [6.07, 6.45) is 3.89. The fraction of sp³-hybridized carbons (Fsp3) is 0.350. The molecule has 0 aliphatic heterocycles. The standard InChI is InChI=1S/C20H22N2O/c23-20(22-15-6-2-1-3-7-15)17-9-5-4-8-16(17)18-12-19(18)21-13-14-10-11-14/h1-9,14,18-19,21H,10-13H2,(H,22,23)/t18-,19+/m0/s1. The Kier molecular flexibility index (Phi) is 3.88. The quantitative estimate of drug-likeness (QED) is 0.852. The minimum atomic E-state index is -0.0142. The van der Waals surface area contributed by atoms with Gasteiger partial charge >= 0.3 is 0 Å². The first-order valence-corrected chi connectivity index (χ1v) is 8.50. The zero-order chi connectivity index (χ0) is 15.6. The summed E-state index contributed by atoms with van der Waals surface area (Å²) in [5.74, 6) is 1.36. The molecule has 3 nitrogen and oxygen atoms in total. The van der Waals surface area contributed by atoms with E-state index in [4.69, 9.17) is 0 Å². The van der Waals surface area contributed by atoms with Crippen LogP contribution in [0.25, 0.3) is 0 Å². The average Bonchev–Trinajstić information content (AvgIpc) is 3.48. The van der Waals surface area contributed by atoms with Crippen molar-refractivity contribution in [3.05, 3.63) is 65.7 Å². The third kappa shape index (κ3) is 3.45. The summed E-state index contributed by atoms with van der Waals surface area (Å²) in [7, 11) is 0. The molecule has 3 heteroatoms. The maximum atomic E-state index is 12.6. The van der Waals surface area contributed by atoms with E-state index >= 15 is 0 Å². The highest BCUT2D eigenvalue weighted by atomic mass is 16.1. The normalized spacial score (nSPS) is 22.6. The Hall–Kier alpha value is -2.13. The first-order chi connectivity index (χ1) is 11.3. The predicted molar refractivity (Wildman–Crippen MR) is 92.7 cm³/mol. The van der Waals surface area contributed by atoms with Crippen LogP contribution < -0.4 is 10.6 Å². The number of anilines is 1. The van der Waals surface area contributed by atoms with Gasteiger partial charge in [0.25, 0.3) is 5.91 Å². The van der Waals surface area contributed by atoms with Crippen LogP contribution in [0.1, 0.15) is 41.1 Å². The third-order valence-electron chi connectivity index (χ3n) is 4.79. The Morgan fingerprint density at radius 2 is 1.74 bits per heavy atom. The third-order valence-corrected chi connectivity index (χ3v) is 4.79. The fourth-order valence-electron chi connectivity index (χ4n) is 3.15. The van der Waals surface area contributed by atoms with Crippen LogP contribution in [0.15, 0.2) is 54.6 Å². The zero-order valence-electron chi connectivity index (χ0n) is 13.2. The molecule has 1 amide bonds. The van der Waals surface area contributed by atoms with Gasteiger partial charge in [-0.3, -0.25) is 4.79 Å². The molecule has 0 radical (unpaired) electrons. The monoisotopic (exact) mass is 306 g/mol. The molecule has 0 unspecified atom stereocenters. The van der Waals surface area contributed by atoms with Crippen LogP contribution >= 0.6 is 0 Å². The largest absolute Gasteiger partial charge is 0.322 e. The number of benzene rings is 2. The molecule has 0 aromatic heterocycles. The fourth-order valence-corrected chi connectivity index (χ4v) is 3.15. The highest BCUT2D eigenvalue weighted by molar-refractivity contribution is 6.05. The van der Waals surface area contributed by atoms with Gasteiger partial charge in [0.15, 0.2) is 0 Å². The Bertz CT molecular complexity index is 694. The number of para-hydroxylation sites is 1. The van der Waals surface area contributed by atoms with Gasteiger partial charge in [-0.25, -0.2) is 0 Å². The Morgan fingerprint density at radius 3 is 2.52 bits per heavy atom. The minimum Gasteiger partial charge on any atom is -0.322 e. The van der Waals surface area contributed by atoms with E-state index < -0.39 is 0 Å². The van der Waals surface area contributed by atoms with Crippen molar-refractivity contribution in [1.29, 1.82) is 0 Å². The molecule has 118 valence electrons. The number of carbonyl (C=O) groups is 1. The van der Waals surface area contributed by atoms with Gasteiger partial charge in [-0.05, 0) is 55.5 Å². The lowest BCUT2D eigenvalue weighted by Gasteiger charge is -2.10. The van der Waals surface area contributed by atoms with E-state index in [0.717, 1.165) is 30.1 Å². The van der Waals surface area contributed by atoms with Crippen LogP contribution in [0.2, 0.25) is 0 Å². The number of carbonyl (C=O) groups excluding carboxylic acids is 1. The van der Waals surface area contributed by atoms with Gasteiger partial charge < -0.3 is 10.6 Å². The summed E-state index contributed by atoms with van der Waals surface area (Å²) >= 11 is 0. The SMILES string of the molecule is O=C(Nc1ccccc1)c1ccccc1[C@@H]1C[C@H]1NCC1CC1. The van der Waals surface area contributed by atoms with Crippen LogP contribution in [0.5, 0.6) is 0 Å². The molecule has 2 saturated carbocycles. The average molecular weight is 306 g/mol. The lowest BCUT2D eigenvalue weighted by Crippen LogP contribution is -2.21. The first-order valence-electron chi connectivity index (χ1n) is 8.50. The van der Waals surface area contributed by atoms with Gasteiger partial charge in [0.05, 0.1) is 0 Å². The number of rotatable bonds is 6. The number of amides is 1. The molecule has 0 spiro atoms. The topological polar surface area (TPSA) is 41.1 Å².